The van der Waals surface area contributed by atoms with Crippen LogP contribution in [0.4, 0.5) is 0 Å². The van der Waals surface area contributed by atoms with Crippen LogP contribution in [0, 0.1) is 17.6 Å². The summed E-state index contributed by atoms with van der Waals surface area (Å²) in [6.45, 7) is 4.51. The topological polar surface area (TPSA) is 20.7 Å². The molecule has 1 aliphatic carbocycles. The van der Waals surface area contributed by atoms with Crippen molar-refractivity contribution in [3.8, 4) is 0 Å². The second-order valence-electron chi connectivity index (χ2n) is 4.87. The van der Waals surface area contributed by atoms with Crippen molar-refractivity contribution in [1.29, 1.82) is 0 Å². The molecule has 2 rings (SSSR count). The van der Waals surface area contributed by atoms with Crippen LogP contribution in [-0.4, -0.2) is 9.55 Å². The van der Waals surface area contributed by atoms with Gasteiger partial charge in [-0.25, -0.2) is 0 Å². The van der Waals surface area contributed by atoms with Crippen molar-refractivity contribution >= 4 is 12.2 Å². The van der Waals surface area contributed by atoms with Gasteiger partial charge in [-0.3, -0.25) is 0 Å². The highest BCUT2D eigenvalue weighted by Crippen LogP contribution is 2.31. The molecule has 0 aromatic carbocycles. The Balaban J connectivity index is 2.20. The molecular formula is C12H20N2S. The zero-order chi connectivity index (χ0) is 10.8. The highest BCUT2D eigenvalue weighted by molar-refractivity contribution is 7.71. The first-order chi connectivity index (χ1) is 7.18. The van der Waals surface area contributed by atoms with Gasteiger partial charge >= 0.3 is 0 Å². The Morgan fingerprint density at radius 1 is 1.33 bits per heavy atom. The van der Waals surface area contributed by atoms with Crippen LogP contribution in [0.3, 0.4) is 0 Å². The summed E-state index contributed by atoms with van der Waals surface area (Å²) < 4.78 is 3.21. The molecule has 0 bridgehead atoms. The Morgan fingerprint density at radius 3 is 2.80 bits per heavy atom. The van der Waals surface area contributed by atoms with Crippen molar-refractivity contribution in [3.63, 3.8) is 0 Å². The molecule has 3 heteroatoms. The molecule has 1 fully saturated rings. The number of rotatable bonds is 1. The van der Waals surface area contributed by atoms with E-state index in [0.29, 0.717) is 6.04 Å². The second-order valence-corrected chi connectivity index (χ2v) is 5.26. The molecule has 84 valence electrons. The van der Waals surface area contributed by atoms with Crippen LogP contribution in [-0.2, 0) is 0 Å². The molecule has 1 aliphatic rings. The summed E-state index contributed by atoms with van der Waals surface area (Å²) in [6, 6.07) is 0.633. The molecule has 0 spiro atoms. The van der Waals surface area contributed by atoms with E-state index in [-0.39, 0.29) is 0 Å². The van der Waals surface area contributed by atoms with Gasteiger partial charge in [0.15, 0.2) is 4.77 Å². The monoisotopic (exact) mass is 224 g/mol. The molecule has 1 aromatic heterocycles. The summed E-state index contributed by atoms with van der Waals surface area (Å²) in [4.78, 5) is 3.14. The maximum atomic E-state index is 5.33. The molecule has 2 atom stereocenters. The standard InChI is InChI=1S/C12H20N2S/c1-9-4-3-5-11(7-6-9)14-10(2)8-13-12(14)15/h8-9,11H,3-7H2,1-2H3,(H,13,15). The number of aromatic amines is 1. The molecule has 1 aromatic rings. The fourth-order valence-electron chi connectivity index (χ4n) is 2.64. The largest absolute Gasteiger partial charge is 0.337 e. The molecule has 0 saturated heterocycles. The van der Waals surface area contributed by atoms with Gasteiger partial charge in [0.1, 0.15) is 0 Å². The Kier molecular flexibility index (Phi) is 3.29. The molecule has 2 unspecified atom stereocenters. The van der Waals surface area contributed by atoms with Crippen molar-refractivity contribution in [2.75, 3.05) is 0 Å². The molecule has 1 N–H and O–H groups in total. The van der Waals surface area contributed by atoms with Gasteiger partial charge in [0.05, 0.1) is 0 Å². The van der Waals surface area contributed by atoms with Gasteiger partial charge in [0.2, 0.25) is 0 Å². The van der Waals surface area contributed by atoms with Crippen molar-refractivity contribution in [3.05, 3.63) is 16.7 Å². The lowest BCUT2D eigenvalue weighted by Gasteiger charge is -2.17. The van der Waals surface area contributed by atoms with Gasteiger partial charge in [0, 0.05) is 17.9 Å². The van der Waals surface area contributed by atoms with Crippen molar-refractivity contribution in [1.82, 2.24) is 9.55 Å². The third kappa shape index (κ3) is 2.33. The Morgan fingerprint density at radius 2 is 2.13 bits per heavy atom. The predicted octanol–water partition coefficient (Wildman–Crippen LogP) is 4.00. The summed E-state index contributed by atoms with van der Waals surface area (Å²) in [5.74, 6) is 0.892. The normalized spacial score (nSPS) is 27.6. The van der Waals surface area contributed by atoms with Gasteiger partial charge in [0.25, 0.3) is 0 Å². The minimum absolute atomic E-state index is 0.633. The van der Waals surface area contributed by atoms with Gasteiger partial charge in [-0.2, -0.15) is 0 Å². The first-order valence-electron chi connectivity index (χ1n) is 5.95. The minimum atomic E-state index is 0.633. The molecular weight excluding hydrogens is 204 g/mol. The molecule has 0 amide bonds. The molecule has 15 heavy (non-hydrogen) atoms. The maximum Gasteiger partial charge on any atom is 0.177 e. The number of nitrogens with zero attached hydrogens (tertiary/aromatic N) is 1. The molecule has 0 aliphatic heterocycles. The van der Waals surface area contributed by atoms with Crippen LogP contribution < -0.4 is 0 Å². The fraction of sp³-hybridized carbons (Fsp3) is 0.750. The Hall–Kier alpha value is -0.570. The van der Waals surface area contributed by atoms with Crippen molar-refractivity contribution in [2.24, 2.45) is 5.92 Å². The summed E-state index contributed by atoms with van der Waals surface area (Å²) in [7, 11) is 0. The van der Waals surface area contributed by atoms with Gasteiger partial charge < -0.3 is 9.55 Å². The van der Waals surface area contributed by atoms with E-state index in [4.69, 9.17) is 12.2 Å². The van der Waals surface area contributed by atoms with E-state index in [1.165, 1.54) is 37.8 Å². The number of hydrogen-bond acceptors (Lipinski definition) is 1. The van der Waals surface area contributed by atoms with Crippen LogP contribution in [0.2, 0.25) is 0 Å². The summed E-state index contributed by atoms with van der Waals surface area (Å²) >= 11 is 5.33. The van der Waals surface area contributed by atoms with E-state index < -0.39 is 0 Å². The molecule has 1 heterocycles. The Labute approximate surface area is 96.7 Å². The minimum Gasteiger partial charge on any atom is -0.337 e. The average Bonchev–Trinajstić information content (AvgIpc) is 2.41. The zero-order valence-corrected chi connectivity index (χ0v) is 10.4. The molecule has 1 saturated carbocycles. The lowest BCUT2D eigenvalue weighted by molar-refractivity contribution is 0.423. The van der Waals surface area contributed by atoms with Crippen LogP contribution in [0.25, 0.3) is 0 Å². The second kappa shape index (κ2) is 4.52. The number of imidazole rings is 1. The fourth-order valence-corrected chi connectivity index (χ4v) is 3.00. The highest BCUT2D eigenvalue weighted by atomic mass is 32.1. The Bertz CT molecular complexity index is 377. The van der Waals surface area contributed by atoms with Crippen LogP contribution in [0.15, 0.2) is 6.20 Å². The van der Waals surface area contributed by atoms with E-state index in [9.17, 15) is 0 Å². The van der Waals surface area contributed by atoms with Gasteiger partial charge in [-0.1, -0.05) is 19.8 Å². The van der Waals surface area contributed by atoms with E-state index in [0.717, 1.165) is 10.7 Å². The van der Waals surface area contributed by atoms with Crippen LogP contribution >= 0.6 is 12.2 Å². The van der Waals surface area contributed by atoms with Crippen molar-refractivity contribution < 1.29 is 0 Å². The SMILES string of the molecule is Cc1c[nH]c(=S)n1C1CCCC(C)CC1. The van der Waals surface area contributed by atoms with Crippen molar-refractivity contribution in [2.45, 2.75) is 52.0 Å². The maximum absolute atomic E-state index is 5.33. The smallest absolute Gasteiger partial charge is 0.177 e. The molecule has 2 nitrogen and oxygen atoms in total. The summed E-state index contributed by atoms with van der Waals surface area (Å²) in [5, 5.41) is 0. The predicted molar refractivity (Wildman–Crippen MR) is 65.6 cm³/mol. The zero-order valence-electron chi connectivity index (χ0n) is 9.62. The number of aryl methyl sites for hydroxylation is 1. The van der Waals surface area contributed by atoms with Crippen LogP contribution in [0.1, 0.15) is 50.8 Å². The quantitative estimate of drug-likeness (QED) is 0.565. The first kappa shape index (κ1) is 10.9. The van der Waals surface area contributed by atoms with E-state index in [1.54, 1.807) is 0 Å². The lowest BCUT2D eigenvalue weighted by Crippen LogP contribution is -2.09. The number of hydrogen-bond donors (Lipinski definition) is 1. The van der Waals surface area contributed by atoms with Crippen LogP contribution in [0.5, 0.6) is 0 Å². The lowest BCUT2D eigenvalue weighted by atomic mass is 10.0. The van der Waals surface area contributed by atoms with Gasteiger partial charge in [-0.15, -0.1) is 0 Å². The first-order valence-corrected chi connectivity index (χ1v) is 6.36. The average molecular weight is 224 g/mol. The summed E-state index contributed by atoms with van der Waals surface area (Å²) in [6.07, 6.45) is 8.67. The highest BCUT2D eigenvalue weighted by Gasteiger charge is 2.18. The molecule has 0 radical (unpaired) electrons. The third-order valence-corrected chi connectivity index (χ3v) is 3.91. The number of H-pyrrole nitrogens is 1. The number of nitrogens with one attached hydrogen (secondary N) is 1. The third-order valence-electron chi connectivity index (χ3n) is 3.60. The van der Waals surface area contributed by atoms with E-state index >= 15 is 0 Å². The van der Waals surface area contributed by atoms with Gasteiger partial charge in [-0.05, 0) is 44.3 Å². The van der Waals surface area contributed by atoms with E-state index in [1.807, 2.05) is 6.20 Å². The number of aromatic nitrogens is 2. The van der Waals surface area contributed by atoms with E-state index in [2.05, 4.69) is 23.4 Å². The summed E-state index contributed by atoms with van der Waals surface area (Å²) in [5.41, 5.74) is 1.28.